The van der Waals surface area contributed by atoms with Gasteiger partial charge in [0.2, 0.25) is 5.91 Å². The number of amides is 1. The average Bonchev–Trinajstić information content (AvgIpc) is 2.84. The summed E-state index contributed by atoms with van der Waals surface area (Å²) in [5.74, 6) is 0.718. The molecule has 1 amide bonds. The average molecular weight is 442 g/mol. The predicted octanol–water partition coefficient (Wildman–Crippen LogP) is 3.84. The molecule has 2 atom stereocenters. The molecule has 8 heteroatoms. The van der Waals surface area contributed by atoms with Gasteiger partial charge in [-0.15, -0.1) is 0 Å². The van der Waals surface area contributed by atoms with Crippen LogP contribution >= 0.6 is 0 Å². The monoisotopic (exact) mass is 441 g/mol. The summed E-state index contributed by atoms with van der Waals surface area (Å²) < 4.78 is 19.7. The lowest BCUT2D eigenvalue weighted by atomic mass is 9.93. The van der Waals surface area contributed by atoms with E-state index in [4.69, 9.17) is 4.74 Å². The van der Waals surface area contributed by atoms with Crippen LogP contribution in [-0.4, -0.2) is 48.2 Å². The number of nitrogens with zero attached hydrogens (tertiary/aromatic N) is 2. The Morgan fingerprint density at radius 3 is 2.81 bits per heavy atom. The first-order valence-corrected chi connectivity index (χ1v) is 11.6. The van der Waals surface area contributed by atoms with Crippen LogP contribution in [0.5, 0.6) is 0 Å². The molecule has 2 aliphatic heterocycles. The van der Waals surface area contributed by atoms with Crippen LogP contribution in [0.15, 0.2) is 30.5 Å². The molecule has 172 valence electrons. The minimum absolute atomic E-state index is 0.0254. The number of pyridine rings is 2. The van der Waals surface area contributed by atoms with Crippen molar-refractivity contribution in [1.29, 1.82) is 0 Å². The van der Waals surface area contributed by atoms with E-state index < -0.39 is 0 Å². The highest BCUT2D eigenvalue weighted by atomic mass is 19.1. The van der Waals surface area contributed by atoms with E-state index in [-0.39, 0.29) is 23.5 Å². The van der Waals surface area contributed by atoms with E-state index in [1.165, 1.54) is 6.07 Å². The third kappa shape index (κ3) is 5.81. The fraction of sp³-hybridized carbons (Fsp3) is 0.542. The number of carbonyl (C=O) groups is 1. The first-order valence-electron chi connectivity index (χ1n) is 11.6. The number of piperidine rings is 1. The maximum Gasteiger partial charge on any atom is 0.229 e. The van der Waals surface area contributed by atoms with Gasteiger partial charge in [0.1, 0.15) is 5.82 Å². The molecule has 2 aliphatic rings. The van der Waals surface area contributed by atoms with Gasteiger partial charge < -0.3 is 20.7 Å². The van der Waals surface area contributed by atoms with Gasteiger partial charge in [0.05, 0.1) is 11.6 Å². The van der Waals surface area contributed by atoms with Crippen LogP contribution in [0.2, 0.25) is 0 Å². The summed E-state index contributed by atoms with van der Waals surface area (Å²) in [6, 6.07) is 7.16. The zero-order valence-electron chi connectivity index (χ0n) is 18.6. The molecule has 3 N–H and O–H groups in total. The van der Waals surface area contributed by atoms with E-state index in [1.807, 2.05) is 6.07 Å². The summed E-state index contributed by atoms with van der Waals surface area (Å²) in [5.41, 5.74) is 1.40. The third-order valence-electron chi connectivity index (χ3n) is 6.43. The van der Waals surface area contributed by atoms with Crippen molar-refractivity contribution in [2.24, 2.45) is 11.8 Å². The van der Waals surface area contributed by atoms with Crippen molar-refractivity contribution < 1.29 is 13.9 Å². The minimum atomic E-state index is -0.376. The molecule has 4 heterocycles. The molecular formula is C24H32FN5O2. The zero-order valence-corrected chi connectivity index (χ0v) is 18.6. The van der Waals surface area contributed by atoms with E-state index in [0.29, 0.717) is 36.6 Å². The first kappa shape index (κ1) is 22.6. The number of hydrogen-bond acceptors (Lipinski definition) is 6. The third-order valence-corrected chi connectivity index (χ3v) is 6.43. The summed E-state index contributed by atoms with van der Waals surface area (Å²) in [4.78, 5) is 21.4. The Morgan fingerprint density at radius 2 is 2.06 bits per heavy atom. The minimum Gasteiger partial charge on any atom is -0.381 e. The summed E-state index contributed by atoms with van der Waals surface area (Å²) in [6.07, 6.45) is 6.53. The number of anilines is 2. The second-order valence-electron chi connectivity index (χ2n) is 8.67. The van der Waals surface area contributed by atoms with Gasteiger partial charge in [-0.2, -0.15) is 0 Å². The largest absolute Gasteiger partial charge is 0.381 e. The van der Waals surface area contributed by atoms with Crippen molar-refractivity contribution in [2.75, 3.05) is 36.9 Å². The van der Waals surface area contributed by atoms with Crippen LogP contribution in [-0.2, 0) is 9.53 Å². The number of hydrogen-bond donors (Lipinski definition) is 3. The molecule has 0 radical (unpaired) electrons. The second-order valence-corrected chi connectivity index (χ2v) is 8.67. The van der Waals surface area contributed by atoms with Gasteiger partial charge in [-0.3, -0.25) is 4.79 Å². The van der Waals surface area contributed by atoms with E-state index in [2.05, 4.69) is 32.8 Å². The smallest absolute Gasteiger partial charge is 0.229 e. The molecule has 2 saturated heterocycles. The molecule has 0 aliphatic carbocycles. The van der Waals surface area contributed by atoms with Gasteiger partial charge >= 0.3 is 0 Å². The molecule has 2 aromatic rings. The summed E-state index contributed by atoms with van der Waals surface area (Å²) in [7, 11) is 0. The van der Waals surface area contributed by atoms with Crippen LogP contribution in [0.25, 0.3) is 11.3 Å². The highest BCUT2D eigenvalue weighted by Crippen LogP contribution is 2.24. The lowest BCUT2D eigenvalue weighted by Crippen LogP contribution is -2.43. The fourth-order valence-corrected chi connectivity index (χ4v) is 4.29. The molecule has 1 unspecified atom stereocenters. The first-order chi connectivity index (χ1) is 15.6. The Bertz CT molecular complexity index is 911. The van der Waals surface area contributed by atoms with Crippen molar-refractivity contribution in [3.8, 4) is 11.3 Å². The van der Waals surface area contributed by atoms with Crippen LogP contribution in [0.1, 0.15) is 39.0 Å². The lowest BCUT2D eigenvalue weighted by molar-refractivity contribution is -0.120. The zero-order chi connectivity index (χ0) is 22.3. The molecule has 32 heavy (non-hydrogen) atoms. The van der Waals surface area contributed by atoms with Gasteiger partial charge in [-0.25, -0.2) is 14.4 Å². The molecule has 0 saturated carbocycles. The number of aromatic nitrogens is 2. The summed E-state index contributed by atoms with van der Waals surface area (Å²) >= 11 is 0. The molecule has 2 aromatic heterocycles. The molecule has 2 fully saturated rings. The quantitative estimate of drug-likeness (QED) is 0.605. The summed E-state index contributed by atoms with van der Waals surface area (Å²) in [6.45, 7) is 5.02. The van der Waals surface area contributed by atoms with E-state index in [9.17, 15) is 9.18 Å². The van der Waals surface area contributed by atoms with Crippen LogP contribution in [0.3, 0.4) is 0 Å². The normalized spacial score (nSPS) is 21.8. The van der Waals surface area contributed by atoms with E-state index in [0.717, 1.165) is 50.9 Å². The number of ether oxygens (including phenoxy) is 1. The number of nitrogens with one attached hydrogen (secondary N) is 3. The van der Waals surface area contributed by atoms with Gasteiger partial charge in [-0.1, -0.05) is 6.92 Å². The maximum atomic E-state index is 14.3. The molecule has 4 rings (SSSR count). The van der Waals surface area contributed by atoms with Gasteiger partial charge in [0.25, 0.3) is 0 Å². The molecule has 0 bridgehead atoms. The number of rotatable bonds is 7. The molecular weight excluding hydrogens is 409 g/mol. The number of carbonyl (C=O) groups excluding carboxylic acids is 1. The number of halogens is 1. The Kier molecular flexibility index (Phi) is 7.65. The van der Waals surface area contributed by atoms with Crippen LogP contribution in [0, 0.1) is 17.7 Å². The summed E-state index contributed by atoms with van der Waals surface area (Å²) in [5, 5.41) is 9.52. The molecule has 0 aromatic carbocycles. The van der Waals surface area contributed by atoms with Gasteiger partial charge in [0.15, 0.2) is 11.6 Å². The van der Waals surface area contributed by atoms with Crippen molar-refractivity contribution in [3.05, 3.63) is 36.3 Å². The standard InChI is InChI=1S/C24H32FN5O2/c1-2-19-4-3-18(15-27-19)24(31)30-22-13-17(7-10-26-22)21-6-5-20(25)23(29-21)28-14-16-8-11-32-12-9-16/h5-7,10,13,16,18-19,27H,2-4,8-9,11-12,14-15H2,1H3,(H,28,29)(H,26,30,31)/t18?,19-/m1/s1. The van der Waals surface area contributed by atoms with Gasteiger partial charge in [-0.05, 0) is 62.3 Å². The Balaban J connectivity index is 1.40. The van der Waals surface area contributed by atoms with E-state index in [1.54, 1.807) is 18.3 Å². The Labute approximate surface area is 188 Å². The Morgan fingerprint density at radius 1 is 1.22 bits per heavy atom. The van der Waals surface area contributed by atoms with Crippen LogP contribution in [0.4, 0.5) is 16.0 Å². The highest BCUT2D eigenvalue weighted by molar-refractivity contribution is 5.92. The van der Waals surface area contributed by atoms with Crippen molar-refractivity contribution in [1.82, 2.24) is 15.3 Å². The predicted molar refractivity (Wildman–Crippen MR) is 123 cm³/mol. The van der Waals surface area contributed by atoms with Gasteiger partial charge in [0, 0.05) is 44.1 Å². The van der Waals surface area contributed by atoms with Crippen molar-refractivity contribution in [3.63, 3.8) is 0 Å². The molecule has 0 spiro atoms. The lowest BCUT2D eigenvalue weighted by Gasteiger charge is -2.28. The second kappa shape index (κ2) is 10.8. The van der Waals surface area contributed by atoms with E-state index >= 15 is 0 Å². The molecule has 7 nitrogen and oxygen atoms in total. The fourth-order valence-electron chi connectivity index (χ4n) is 4.29. The Hall–Kier alpha value is -2.58. The van der Waals surface area contributed by atoms with Crippen LogP contribution < -0.4 is 16.0 Å². The van der Waals surface area contributed by atoms with Crippen molar-refractivity contribution in [2.45, 2.75) is 45.1 Å². The maximum absolute atomic E-state index is 14.3. The van der Waals surface area contributed by atoms with Crippen molar-refractivity contribution >= 4 is 17.5 Å². The topological polar surface area (TPSA) is 88.2 Å². The SMILES string of the molecule is CC[C@@H]1CCC(C(=O)Nc2cc(-c3ccc(F)c(NCC4CCOCC4)n3)ccn2)CN1. The highest BCUT2D eigenvalue weighted by Gasteiger charge is 2.25.